The van der Waals surface area contributed by atoms with Gasteiger partial charge in [-0.1, -0.05) is 6.42 Å². The number of benzene rings is 1. The van der Waals surface area contributed by atoms with E-state index in [1.165, 1.54) is 19.3 Å². The zero-order valence-corrected chi connectivity index (χ0v) is 16.3. The lowest BCUT2D eigenvalue weighted by molar-refractivity contribution is -0.140. The molecule has 1 atom stereocenters. The van der Waals surface area contributed by atoms with Crippen LogP contribution in [0.5, 0.6) is 0 Å². The van der Waals surface area contributed by atoms with Crippen LogP contribution in [0.25, 0.3) is 0 Å². The molecule has 3 fully saturated rings. The molecule has 0 spiro atoms. The lowest BCUT2D eigenvalue weighted by Gasteiger charge is -2.47. The van der Waals surface area contributed by atoms with Gasteiger partial charge in [-0.15, -0.1) is 0 Å². The Hall–Kier alpha value is -2.06. The Kier molecular flexibility index (Phi) is 5.36. The van der Waals surface area contributed by atoms with Crippen LogP contribution in [0.15, 0.2) is 24.3 Å². The molecule has 1 aromatic carbocycles. The highest BCUT2D eigenvalue weighted by molar-refractivity contribution is 5.79. The highest BCUT2D eigenvalue weighted by Crippen LogP contribution is 2.30. The van der Waals surface area contributed by atoms with Crippen molar-refractivity contribution >= 4 is 11.6 Å². The summed E-state index contributed by atoms with van der Waals surface area (Å²) in [4.78, 5) is 20.1. The molecule has 5 heteroatoms. The molecule has 2 saturated heterocycles. The summed E-state index contributed by atoms with van der Waals surface area (Å²) in [6.07, 6.45) is 5.90. The van der Waals surface area contributed by atoms with E-state index in [2.05, 4.69) is 27.7 Å². The second-order valence-electron chi connectivity index (χ2n) is 8.38. The molecule has 4 rings (SSSR count). The molecule has 2 heterocycles. The standard InChI is InChI=1S/C22H30N4O/c1-17-16-25(13-14-26(17)21-3-2-4-21)22(27)19-9-11-24(12-10-19)20-7-5-18(15-23)6-8-20/h5-8,17,19,21H,2-4,9-14,16H2,1H3/t17-/m0/s1. The first kappa shape index (κ1) is 18.3. The van der Waals surface area contributed by atoms with Crippen LogP contribution in [0.1, 0.15) is 44.6 Å². The van der Waals surface area contributed by atoms with E-state index in [4.69, 9.17) is 5.26 Å². The number of anilines is 1. The summed E-state index contributed by atoms with van der Waals surface area (Å²) < 4.78 is 0. The monoisotopic (exact) mass is 366 g/mol. The molecule has 1 aromatic rings. The van der Waals surface area contributed by atoms with Gasteiger partial charge < -0.3 is 9.80 Å². The first-order chi connectivity index (χ1) is 13.2. The van der Waals surface area contributed by atoms with Crippen molar-refractivity contribution in [3.63, 3.8) is 0 Å². The molecule has 0 bridgehead atoms. The average molecular weight is 367 g/mol. The van der Waals surface area contributed by atoms with Gasteiger partial charge in [-0.2, -0.15) is 5.26 Å². The minimum Gasteiger partial charge on any atom is -0.371 e. The number of carbonyl (C=O) groups is 1. The Balaban J connectivity index is 1.29. The number of carbonyl (C=O) groups excluding carboxylic acids is 1. The van der Waals surface area contributed by atoms with Gasteiger partial charge in [0.05, 0.1) is 11.6 Å². The minimum atomic E-state index is 0.169. The molecule has 0 unspecified atom stereocenters. The third kappa shape index (κ3) is 3.82. The zero-order valence-electron chi connectivity index (χ0n) is 16.3. The van der Waals surface area contributed by atoms with Crippen LogP contribution in [-0.2, 0) is 4.79 Å². The van der Waals surface area contributed by atoms with Crippen LogP contribution in [0.3, 0.4) is 0 Å². The number of nitrogens with zero attached hydrogens (tertiary/aromatic N) is 4. The number of hydrogen-bond acceptors (Lipinski definition) is 4. The second-order valence-corrected chi connectivity index (χ2v) is 8.38. The van der Waals surface area contributed by atoms with E-state index in [1.807, 2.05) is 24.3 Å². The number of hydrogen-bond donors (Lipinski definition) is 0. The molecule has 5 nitrogen and oxygen atoms in total. The maximum Gasteiger partial charge on any atom is 0.225 e. The fourth-order valence-electron chi connectivity index (χ4n) is 4.82. The Morgan fingerprint density at radius 1 is 1.04 bits per heavy atom. The van der Waals surface area contributed by atoms with Gasteiger partial charge in [0.2, 0.25) is 5.91 Å². The topological polar surface area (TPSA) is 50.6 Å². The smallest absolute Gasteiger partial charge is 0.225 e. The van der Waals surface area contributed by atoms with Crippen LogP contribution in [0.4, 0.5) is 5.69 Å². The van der Waals surface area contributed by atoms with Gasteiger partial charge in [0.25, 0.3) is 0 Å². The average Bonchev–Trinajstić information content (AvgIpc) is 2.68. The molecule has 0 N–H and O–H groups in total. The first-order valence-corrected chi connectivity index (χ1v) is 10.5. The fraction of sp³-hybridized carbons (Fsp3) is 0.636. The summed E-state index contributed by atoms with van der Waals surface area (Å²) in [6, 6.07) is 11.2. The van der Waals surface area contributed by atoms with Crippen LogP contribution < -0.4 is 4.90 Å². The molecule has 1 amide bonds. The Morgan fingerprint density at radius 3 is 2.30 bits per heavy atom. The van der Waals surface area contributed by atoms with Crippen LogP contribution in [0.2, 0.25) is 0 Å². The van der Waals surface area contributed by atoms with Crippen molar-refractivity contribution < 1.29 is 4.79 Å². The first-order valence-electron chi connectivity index (χ1n) is 10.5. The summed E-state index contributed by atoms with van der Waals surface area (Å²) in [5.74, 6) is 0.539. The Morgan fingerprint density at radius 2 is 1.74 bits per heavy atom. The molecular formula is C22H30N4O. The molecule has 27 heavy (non-hydrogen) atoms. The molecule has 0 aromatic heterocycles. The fourth-order valence-corrected chi connectivity index (χ4v) is 4.82. The van der Waals surface area contributed by atoms with Crippen molar-refractivity contribution in [2.45, 2.75) is 51.1 Å². The Bertz CT molecular complexity index is 698. The molecule has 0 radical (unpaired) electrons. The number of rotatable bonds is 3. The van der Waals surface area contributed by atoms with Crippen molar-refractivity contribution in [2.75, 3.05) is 37.6 Å². The lowest BCUT2D eigenvalue weighted by atomic mass is 9.89. The summed E-state index contributed by atoms with van der Waals surface area (Å²) in [6.45, 7) is 6.95. The van der Waals surface area contributed by atoms with Crippen molar-refractivity contribution in [3.8, 4) is 6.07 Å². The predicted molar refractivity (Wildman–Crippen MR) is 106 cm³/mol. The second kappa shape index (κ2) is 7.90. The third-order valence-corrected chi connectivity index (χ3v) is 6.74. The molecular weight excluding hydrogens is 336 g/mol. The Labute approximate surface area is 162 Å². The van der Waals surface area contributed by atoms with Crippen molar-refractivity contribution in [1.82, 2.24) is 9.80 Å². The number of piperazine rings is 1. The molecule has 144 valence electrons. The SMILES string of the molecule is C[C@H]1CN(C(=O)C2CCN(c3ccc(C#N)cc3)CC2)CCN1C1CCC1. The third-order valence-electron chi connectivity index (χ3n) is 6.74. The van der Waals surface area contributed by atoms with Gasteiger partial charge in [-0.05, 0) is 56.9 Å². The molecule has 2 aliphatic heterocycles. The quantitative estimate of drug-likeness (QED) is 0.825. The van der Waals surface area contributed by atoms with Gasteiger partial charge in [0.1, 0.15) is 0 Å². The zero-order chi connectivity index (χ0) is 18.8. The van der Waals surface area contributed by atoms with Crippen molar-refractivity contribution in [2.24, 2.45) is 5.92 Å². The van der Waals surface area contributed by atoms with Crippen molar-refractivity contribution in [3.05, 3.63) is 29.8 Å². The molecule has 1 aliphatic carbocycles. The van der Waals surface area contributed by atoms with Crippen molar-refractivity contribution in [1.29, 1.82) is 5.26 Å². The summed E-state index contributed by atoms with van der Waals surface area (Å²) in [7, 11) is 0. The van der Waals surface area contributed by atoms with Gasteiger partial charge in [0, 0.05) is 56.4 Å². The molecule has 3 aliphatic rings. The largest absolute Gasteiger partial charge is 0.371 e. The summed E-state index contributed by atoms with van der Waals surface area (Å²) in [5.41, 5.74) is 1.85. The van der Waals surface area contributed by atoms with E-state index >= 15 is 0 Å². The van der Waals surface area contributed by atoms with E-state index in [0.29, 0.717) is 17.5 Å². The predicted octanol–water partition coefficient (Wildman–Crippen LogP) is 2.86. The minimum absolute atomic E-state index is 0.169. The van der Waals surface area contributed by atoms with Gasteiger partial charge in [-0.3, -0.25) is 9.69 Å². The maximum absolute atomic E-state index is 13.0. The summed E-state index contributed by atoms with van der Waals surface area (Å²) >= 11 is 0. The highest BCUT2D eigenvalue weighted by atomic mass is 16.2. The number of piperidine rings is 1. The van der Waals surface area contributed by atoms with E-state index in [9.17, 15) is 4.79 Å². The van der Waals surface area contributed by atoms with E-state index in [0.717, 1.165) is 57.3 Å². The van der Waals surface area contributed by atoms with E-state index < -0.39 is 0 Å². The van der Waals surface area contributed by atoms with Gasteiger partial charge >= 0.3 is 0 Å². The highest BCUT2D eigenvalue weighted by Gasteiger charge is 2.36. The van der Waals surface area contributed by atoms with Crippen LogP contribution in [0, 0.1) is 17.2 Å². The number of amides is 1. The van der Waals surface area contributed by atoms with Crippen LogP contribution >= 0.6 is 0 Å². The van der Waals surface area contributed by atoms with Crippen LogP contribution in [-0.4, -0.2) is 60.5 Å². The maximum atomic E-state index is 13.0. The van der Waals surface area contributed by atoms with E-state index in [-0.39, 0.29) is 5.92 Å². The summed E-state index contributed by atoms with van der Waals surface area (Å²) in [5, 5.41) is 8.93. The number of nitriles is 1. The van der Waals surface area contributed by atoms with Gasteiger partial charge in [0.15, 0.2) is 0 Å². The van der Waals surface area contributed by atoms with E-state index in [1.54, 1.807) is 0 Å². The lowest BCUT2D eigenvalue weighted by Crippen LogP contribution is -2.59. The van der Waals surface area contributed by atoms with Gasteiger partial charge in [-0.25, -0.2) is 0 Å². The molecule has 1 saturated carbocycles. The normalized spacial score (nSPS) is 25.1.